The highest BCUT2D eigenvalue weighted by Gasteiger charge is 2.07. The molecule has 0 aliphatic heterocycles. The molecule has 1 N–H and O–H groups in total. The Kier molecular flexibility index (Phi) is 3.36. The topological polar surface area (TPSA) is 37.3 Å². The summed E-state index contributed by atoms with van der Waals surface area (Å²) in [6.45, 7) is 0. The van der Waals surface area contributed by atoms with E-state index in [1.807, 2.05) is 18.2 Å². The summed E-state index contributed by atoms with van der Waals surface area (Å²) in [6.07, 6.45) is 2.55. The number of benzene rings is 2. The van der Waals surface area contributed by atoms with Gasteiger partial charge in [-0.15, -0.1) is 0 Å². The summed E-state index contributed by atoms with van der Waals surface area (Å²) in [7, 11) is 0. The quantitative estimate of drug-likeness (QED) is 0.640. The van der Waals surface area contributed by atoms with Crippen molar-refractivity contribution in [2.45, 2.75) is 0 Å². The van der Waals surface area contributed by atoms with Gasteiger partial charge in [0.2, 0.25) is 0 Å². The Balaban J connectivity index is 2.26. The zero-order chi connectivity index (χ0) is 12.1. The molecule has 2 rings (SSSR count). The zero-order valence-electron chi connectivity index (χ0n) is 9.21. The van der Waals surface area contributed by atoms with E-state index in [9.17, 15) is 4.79 Å². The van der Waals surface area contributed by atoms with Crippen molar-refractivity contribution < 1.29 is 9.90 Å². The van der Waals surface area contributed by atoms with Crippen molar-refractivity contribution in [1.82, 2.24) is 0 Å². The van der Waals surface area contributed by atoms with Crippen molar-refractivity contribution >= 4 is 11.9 Å². The second kappa shape index (κ2) is 5.12. The molecule has 0 unspecified atom stereocenters. The molecular formula is C15H12O2. The molecule has 2 aromatic rings. The summed E-state index contributed by atoms with van der Waals surface area (Å²) in [4.78, 5) is 12.0. The lowest BCUT2D eigenvalue weighted by Gasteiger charge is -2.01. The van der Waals surface area contributed by atoms with Crippen LogP contribution in [0, 0.1) is 0 Å². The van der Waals surface area contributed by atoms with E-state index in [2.05, 4.69) is 0 Å². The van der Waals surface area contributed by atoms with Crippen molar-refractivity contribution in [3.63, 3.8) is 0 Å². The van der Waals surface area contributed by atoms with Gasteiger partial charge in [0.25, 0.3) is 0 Å². The molecule has 0 saturated carbocycles. The molecule has 0 fully saturated rings. The number of carbonyl (C=O) groups excluding carboxylic acids is 1. The fourth-order valence-corrected chi connectivity index (χ4v) is 1.59. The van der Waals surface area contributed by atoms with E-state index in [1.54, 1.807) is 42.5 Å². The fraction of sp³-hybridized carbons (Fsp3) is 0. The van der Waals surface area contributed by atoms with E-state index in [0.717, 1.165) is 11.8 Å². The third-order valence-corrected chi connectivity index (χ3v) is 2.48. The van der Waals surface area contributed by atoms with Crippen LogP contribution in [0.3, 0.4) is 0 Å². The second-order valence-electron chi connectivity index (χ2n) is 3.63. The predicted octanol–water partition coefficient (Wildman–Crippen LogP) is 3.45. The average molecular weight is 224 g/mol. The van der Waals surface area contributed by atoms with Gasteiger partial charge < -0.3 is 5.11 Å². The number of carbonyl (C=O) groups is 1. The number of aliphatic hydroxyl groups excluding tert-OH is 1. The van der Waals surface area contributed by atoms with E-state index in [-0.39, 0.29) is 5.78 Å². The van der Waals surface area contributed by atoms with E-state index in [0.29, 0.717) is 11.1 Å². The molecule has 84 valence electrons. The van der Waals surface area contributed by atoms with Crippen molar-refractivity contribution in [3.8, 4) is 0 Å². The standard InChI is InChI=1S/C15H12O2/c16-11-10-12-6-8-14(9-7-12)15(17)13-4-2-1-3-5-13/h1-11,16H. The molecule has 0 atom stereocenters. The fourth-order valence-electron chi connectivity index (χ4n) is 1.59. The van der Waals surface area contributed by atoms with Gasteiger partial charge in [-0.25, -0.2) is 0 Å². The van der Waals surface area contributed by atoms with Gasteiger partial charge in [0.05, 0.1) is 6.26 Å². The van der Waals surface area contributed by atoms with Crippen molar-refractivity contribution in [2.24, 2.45) is 0 Å². The SMILES string of the molecule is O=C(c1ccccc1)c1ccc(C=CO)cc1. The Labute approximate surface area is 99.8 Å². The smallest absolute Gasteiger partial charge is 0.193 e. The minimum Gasteiger partial charge on any atom is -0.516 e. The van der Waals surface area contributed by atoms with E-state index < -0.39 is 0 Å². The highest BCUT2D eigenvalue weighted by molar-refractivity contribution is 6.09. The lowest BCUT2D eigenvalue weighted by Crippen LogP contribution is -2.00. The van der Waals surface area contributed by atoms with Crippen LogP contribution in [0.1, 0.15) is 21.5 Å². The average Bonchev–Trinajstić information content (AvgIpc) is 2.40. The van der Waals surface area contributed by atoms with Gasteiger partial charge in [-0.2, -0.15) is 0 Å². The lowest BCUT2D eigenvalue weighted by molar-refractivity contribution is 0.103. The Morgan fingerprint density at radius 1 is 0.882 bits per heavy atom. The zero-order valence-corrected chi connectivity index (χ0v) is 9.21. The second-order valence-corrected chi connectivity index (χ2v) is 3.63. The highest BCUT2D eigenvalue weighted by Crippen LogP contribution is 2.11. The molecule has 2 aromatic carbocycles. The number of aliphatic hydroxyl groups is 1. The first-order chi connectivity index (χ1) is 8.31. The third-order valence-electron chi connectivity index (χ3n) is 2.48. The molecular weight excluding hydrogens is 212 g/mol. The molecule has 0 radical (unpaired) electrons. The molecule has 0 heterocycles. The van der Waals surface area contributed by atoms with Crippen LogP contribution >= 0.6 is 0 Å². The maximum atomic E-state index is 12.0. The highest BCUT2D eigenvalue weighted by atomic mass is 16.2. The monoisotopic (exact) mass is 224 g/mol. The van der Waals surface area contributed by atoms with Crippen LogP contribution in [0.4, 0.5) is 0 Å². The van der Waals surface area contributed by atoms with E-state index in [1.165, 1.54) is 0 Å². The van der Waals surface area contributed by atoms with Gasteiger partial charge in [-0.1, -0.05) is 54.6 Å². The van der Waals surface area contributed by atoms with Crippen LogP contribution in [-0.2, 0) is 0 Å². The van der Waals surface area contributed by atoms with Crippen LogP contribution < -0.4 is 0 Å². The molecule has 0 bridgehead atoms. The molecule has 2 heteroatoms. The Morgan fingerprint density at radius 3 is 2.06 bits per heavy atom. The molecule has 0 aliphatic rings. The largest absolute Gasteiger partial charge is 0.516 e. The Hall–Kier alpha value is -2.35. The maximum absolute atomic E-state index is 12.0. The third kappa shape index (κ3) is 2.61. The summed E-state index contributed by atoms with van der Waals surface area (Å²) in [6, 6.07) is 16.3. The van der Waals surface area contributed by atoms with Gasteiger partial charge >= 0.3 is 0 Å². The lowest BCUT2D eigenvalue weighted by atomic mass is 10.0. The summed E-state index contributed by atoms with van der Waals surface area (Å²) < 4.78 is 0. The molecule has 17 heavy (non-hydrogen) atoms. The van der Waals surface area contributed by atoms with Gasteiger partial charge in [0.1, 0.15) is 0 Å². The number of ketones is 1. The number of rotatable bonds is 3. The number of hydrogen-bond acceptors (Lipinski definition) is 2. The number of hydrogen-bond donors (Lipinski definition) is 1. The van der Waals surface area contributed by atoms with Crippen LogP contribution in [-0.4, -0.2) is 10.9 Å². The minimum absolute atomic E-state index is 0.00475. The summed E-state index contributed by atoms with van der Waals surface area (Å²) >= 11 is 0. The van der Waals surface area contributed by atoms with Gasteiger partial charge in [-0.3, -0.25) is 4.79 Å². The first-order valence-electron chi connectivity index (χ1n) is 5.32. The summed E-state index contributed by atoms with van der Waals surface area (Å²) in [5, 5.41) is 8.63. The Morgan fingerprint density at radius 2 is 1.47 bits per heavy atom. The normalized spacial score (nSPS) is 10.6. The molecule has 0 aromatic heterocycles. The molecule has 0 spiro atoms. The first kappa shape index (κ1) is 11.1. The molecule has 0 saturated heterocycles. The van der Waals surface area contributed by atoms with E-state index in [4.69, 9.17) is 5.11 Å². The van der Waals surface area contributed by atoms with Gasteiger partial charge in [-0.05, 0) is 11.6 Å². The summed E-state index contributed by atoms with van der Waals surface area (Å²) in [5.41, 5.74) is 2.18. The first-order valence-corrected chi connectivity index (χ1v) is 5.32. The van der Waals surface area contributed by atoms with Crippen molar-refractivity contribution in [1.29, 1.82) is 0 Å². The molecule has 0 aliphatic carbocycles. The van der Waals surface area contributed by atoms with Crippen LogP contribution in [0.5, 0.6) is 0 Å². The maximum Gasteiger partial charge on any atom is 0.193 e. The minimum atomic E-state index is 0.00475. The van der Waals surface area contributed by atoms with Crippen molar-refractivity contribution in [3.05, 3.63) is 77.5 Å². The van der Waals surface area contributed by atoms with Crippen LogP contribution in [0.25, 0.3) is 6.08 Å². The summed E-state index contributed by atoms with van der Waals surface area (Å²) in [5.74, 6) is 0.00475. The van der Waals surface area contributed by atoms with Crippen LogP contribution in [0.15, 0.2) is 60.9 Å². The van der Waals surface area contributed by atoms with E-state index >= 15 is 0 Å². The van der Waals surface area contributed by atoms with Crippen molar-refractivity contribution in [2.75, 3.05) is 0 Å². The van der Waals surface area contributed by atoms with Gasteiger partial charge in [0.15, 0.2) is 5.78 Å². The molecule has 2 nitrogen and oxygen atoms in total. The Bertz CT molecular complexity index is 525. The predicted molar refractivity (Wildman–Crippen MR) is 68.0 cm³/mol. The molecule has 0 amide bonds. The van der Waals surface area contributed by atoms with Gasteiger partial charge in [0, 0.05) is 11.1 Å². The van der Waals surface area contributed by atoms with Crippen LogP contribution in [0.2, 0.25) is 0 Å².